The third-order valence-electron chi connectivity index (χ3n) is 2.03. The van der Waals surface area contributed by atoms with Gasteiger partial charge in [0.15, 0.2) is 0 Å². The minimum atomic E-state index is -4.02. The van der Waals surface area contributed by atoms with Gasteiger partial charge in [-0.3, -0.25) is 4.55 Å². The van der Waals surface area contributed by atoms with Crippen molar-refractivity contribution in [2.24, 2.45) is 0 Å². The van der Waals surface area contributed by atoms with Crippen LogP contribution in [-0.2, 0) is 10.1 Å². The van der Waals surface area contributed by atoms with E-state index in [1.54, 1.807) is 13.0 Å². The third-order valence-corrected chi connectivity index (χ3v) is 3.13. The van der Waals surface area contributed by atoms with E-state index in [-0.39, 0.29) is 4.91 Å². The summed E-state index contributed by atoms with van der Waals surface area (Å²) < 4.78 is 30.2. The second-order valence-electron chi connectivity index (χ2n) is 3.26. The molecule has 0 aliphatic rings. The van der Waals surface area contributed by atoms with Crippen molar-refractivity contribution < 1.29 is 13.0 Å². The summed E-state index contributed by atoms with van der Waals surface area (Å²) in [5.41, 5.74) is 0.587. The second kappa shape index (κ2) is 5.98. The number of unbranched alkanes of at least 4 members (excludes halogenated alkanes) is 2. The van der Waals surface area contributed by atoms with Gasteiger partial charge in [0.1, 0.15) is 0 Å². The minimum Gasteiger partial charge on any atom is -0.282 e. The molecule has 14 heavy (non-hydrogen) atoms. The van der Waals surface area contributed by atoms with Crippen molar-refractivity contribution in [3.8, 4) is 0 Å². The van der Waals surface area contributed by atoms with Crippen molar-refractivity contribution in [3.63, 3.8) is 0 Å². The van der Waals surface area contributed by atoms with Crippen molar-refractivity contribution >= 4 is 10.1 Å². The predicted octanol–water partition coefficient (Wildman–Crippen LogP) is 2.91. The van der Waals surface area contributed by atoms with Gasteiger partial charge in [-0.15, -0.1) is 0 Å². The fourth-order valence-electron chi connectivity index (χ4n) is 0.903. The molecule has 0 heterocycles. The smallest absolute Gasteiger partial charge is 0.282 e. The monoisotopic (exact) mass is 218 g/mol. The van der Waals surface area contributed by atoms with Crippen LogP contribution in [0.25, 0.3) is 0 Å². The Morgan fingerprint density at radius 3 is 2.36 bits per heavy atom. The molecule has 4 heteroatoms. The van der Waals surface area contributed by atoms with Crippen molar-refractivity contribution in [2.45, 2.75) is 40.0 Å². The number of rotatable bonds is 5. The van der Waals surface area contributed by atoms with Crippen LogP contribution in [0.4, 0.5) is 0 Å². The van der Waals surface area contributed by atoms with Crippen LogP contribution in [0.2, 0.25) is 0 Å². The summed E-state index contributed by atoms with van der Waals surface area (Å²) in [5.74, 6) is 0. The van der Waals surface area contributed by atoms with E-state index in [1.165, 1.54) is 6.92 Å². The van der Waals surface area contributed by atoms with Crippen molar-refractivity contribution in [1.29, 1.82) is 0 Å². The highest BCUT2D eigenvalue weighted by molar-refractivity contribution is 7.89. The molecule has 0 aromatic rings. The lowest BCUT2D eigenvalue weighted by atomic mass is 10.2. The van der Waals surface area contributed by atoms with Gasteiger partial charge in [-0.05, 0) is 25.8 Å². The van der Waals surface area contributed by atoms with Gasteiger partial charge in [0, 0.05) is 0 Å². The van der Waals surface area contributed by atoms with Crippen LogP contribution < -0.4 is 0 Å². The van der Waals surface area contributed by atoms with Gasteiger partial charge in [0.05, 0.1) is 4.91 Å². The van der Waals surface area contributed by atoms with E-state index in [4.69, 9.17) is 4.55 Å². The molecule has 3 nitrogen and oxygen atoms in total. The van der Waals surface area contributed by atoms with E-state index in [0.29, 0.717) is 5.57 Å². The summed E-state index contributed by atoms with van der Waals surface area (Å²) in [5, 5.41) is 0. The zero-order chi connectivity index (χ0) is 11.2. The van der Waals surface area contributed by atoms with E-state index in [2.05, 4.69) is 6.92 Å². The third kappa shape index (κ3) is 5.19. The Bertz CT molecular complexity index is 323. The molecule has 0 aliphatic carbocycles. The summed E-state index contributed by atoms with van der Waals surface area (Å²) in [6.07, 6.45) is 6.80. The first kappa shape index (κ1) is 13.4. The van der Waals surface area contributed by atoms with Gasteiger partial charge >= 0.3 is 0 Å². The molecule has 0 unspecified atom stereocenters. The Morgan fingerprint density at radius 1 is 1.36 bits per heavy atom. The average molecular weight is 218 g/mol. The predicted molar refractivity (Wildman–Crippen MR) is 58.6 cm³/mol. The quantitative estimate of drug-likeness (QED) is 0.438. The Morgan fingerprint density at radius 2 is 1.93 bits per heavy atom. The van der Waals surface area contributed by atoms with E-state index >= 15 is 0 Å². The molecule has 0 rings (SSSR count). The largest absolute Gasteiger partial charge is 0.290 e. The summed E-state index contributed by atoms with van der Waals surface area (Å²) in [6, 6.07) is 0. The molecule has 0 bridgehead atoms. The highest BCUT2D eigenvalue weighted by atomic mass is 32.2. The lowest BCUT2D eigenvalue weighted by Gasteiger charge is -1.99. The summed E-state index contributed by atoms with van der Waals surface area (Å²) in [6.45, 7) is 5.17. The molecule has 0 saturated carbocycles. The maximum Gasteiger partial charge on any atom is 0.290 e. The molecule has 0 radical (unpaired) electrons. The highest BCUT2D eigenvalue weighted by Crippen LogP contribution is 2.11. The van der Waals surface area contributed by atoms with E-state index in [9.17, 15) is 8.42 Å². The molecule has 0 aromatic carbocycles. The van der Waals surface area contributed by atoms with Crippen LogP contribution in [0.15, 0.2) is 22.6 Å². The number of allylic oxidation sites excluding steroid dienone is 4. The molecule has 1 N–H and O–H groups in total. The van der Waals surface area contributed by atoms with Gasteiger partial charge in [-0.1, -0.05) is 31.9 Å². The zero-order valence-electron chi connectivity index (χ0n) is 8.95. The second-order valence-corrected chi connectivity index (χ2v) is 4.82. The van der Waals surface area contributed by atoms with E-state index < -0.39 is 10.1 Å². The van der Waals surface area contributed by atoms with Gasteiger partial charge in [-0.25, -0.2) is 0 Å². The van der Waals surface area contributed by atoms with Crippen LogP contribution in [-0.4, -0.2) is 13.0 Å². The standard InChI is InChI=1S/C10H18O3S/c1-4-5-6-7-8-9(2)10(3)14(11,12)13/h7-8H,4-6H2,1-3H3,(H,11,12,13)/b8-7+,10-9+. The minimum absolute atomic E-state index is 0.0187. The average Bonchev–Trinajstić information content (AvgIpc) is 2.09. The van der Waals surface area contributed by atoms with Crippen molar-refractivity contribution in [3.05, 3.63) is 22.6 Å². The van der Waals surface area contributed by atoms with Crippen LogP contribution >= 0.6 is 0 Å². The molecule has 82 valence electrons. The van der Waals surface area contributed by atoms with Crippen molar-refractivity contribution in [2.75, 3.05) is 0 Å². The van der Waals surface area contributed by atoms with E-state index in [1.807, 2.05) is 6.08 Å². The molecule has 0 aliphatic heterocycles. The van der Waals surface area contributed by atoms with Crippen LogP contribution in [0.3, 0.4) is 0 Å². The Labute approximate surface area is 86.3 Å². The fraction of sp³-hybridized carbons (Fsp3) is 0.600. The van der Waals surface area contributed by atoms with Gasteiger partial charge in [0.25, 0.3) is 10.1 Å². The van der Waals surface area contributed by atoms with Gasteiger partial charge in [-0.2, -0.15) is 8.42 Å². The molecular formula is C10H18O3S. The first-order valence-corrected chi connectivity index (χ1v) is 6.15. The topological polar surface area (TPSA) is 54.4 Å². The van der Waals surface area contributed by atoms with Crippen LogP contribution in [0.1, 0.15) is 40.0 Å². The number of hydrogen-bond acceptors (Lipinski definition) is 2. The molecule has 0 fully saturated rings. The van der Waals surface area contributed by atoms with Crippen molar-refractivity contribution in [1.82, 2.24) is 0 Å². The molecule has 0 atom stereocenters. The van der Waals surface area contributed by atoms with Gasteiger partial charge in [0.2, 0.25) is 0 Å². The van der Waals surface area contributed by atoms with Crippen LogP contribution in [0, 0.1) is 0 Å². The number of hydrogen-bond donors (Lipinski definition) is 1. The maximum atomic E-state index is 10.7. The lowest BCUT2D eigenvalue weighted by Crippen LogP contribution is -1.99. The van der Waals surface area contributed by atoms with E-state index in [0.717, 1.165) is 19.3 Å². The summed E-state index contributed by atoms with van der Waals surface area (Å²) >= 11 is 0. The SMILES string of the molecule is CCCC/C=C/C(C)=C(\C)S(=O)(=O)O. The molecular weight excluding hydrogens is 200 g/mol. The molecule has 0 saturated heterocycles. The zero-order valence-corrected chi connectivity index (χ0v) is 9.76. The fourth-order valence-corrected chi connectivity index (χ4v) is 1.38. The molecule has 0 amide bonds. The highest BCUT2D eigenvalue weighted by Gasteiger charge is 2.09. The first-order valence-electron chi connectivity index (χ1n) is 4.71. The Balaban J connectivity index is 4.46. The molecule has 0 spiro atoms. The summed E-state index contributed by atoms with van der Waals surface area (Å²) in [4.78, 5) is 0.0187. The lowest BCUT2D eigenvalue weighted by molar-refractivity contribution is 0.490. The Kier molecular flexibility index (Phi) is 5.72. The maximum absolute atomic E-state index is 10.7. The van der Waals surface area contributed by atoms with Gasteiger partial charge < -0.3 is 0 Å². The Hall–Kier alpha value is -0.610. The normalized spacial score (nSPS) is 14.6. The van der Waals surface area contributed by atoms with Crippen LogP contribution in [0.5, 0.6) is 0 Å². The summed E-state index contributed by atoms with van der Waals surface area (Å²) in [7, 11) is -4.02. The first-order chi connectivity index (χ1) is 6.39. The molecule has 0 aromatic heterocycles.